The van der Waals surface area contributed by atoms with Gasteiger partial charge in [0.2, 0.25) is 0 Å². The third-order valence-electron chi connectivity index (χ3n) is 4.16. The maximum Gasteiger partial charge on any atom is 0.331 e. The predicted octanol–water partition coefficient (Wildman–Crippen LogP) is 3.57. The minimum atomic E-state index is -0.346. The number of ether oxygens (including phenoxy) is 2. The average Bonchev–Trinajstić information content (AvgIpc) is 2.69. The summed E-state index contributed by atoms with van der Waals surface area (Å²) in [4.78, 5) is 25.6. The first-order valence-electron chi connectivity index (χ1n) is 8.48. The molecule has 1 aromatic carbocycles. The fourth-order valence-electron chi connectivity index (χ4n) is 2.97. The van der Waals surface area contributed by atoms with E-state index < -0.39 is 0 Å². The van der Waals surface area contributed by atoms with Crippen molar-refractivity contribution in [2.45, 2.75) is 6.92 Å². The van der Waals surface area contributed by atoms with E-state index in [2.05, 4.69) is 9.97 Å². The molecule has 0 bridgehead atoms. The summed E-state index contributed by atoms with van der Waals surface area (Å²) in [6, 6.07) is 6.04. The van der Waals surface area contributed by atoms with Gasteiger partial charge in [-0.25, -0.2) is 14.8 Å². The highest BCUT2D eigenvalue weighted by atomic mass is 32.2. The van der Waals surface area contributed by atoms with Crippen molar-refractivity contribution in [3.05, 3.63) is 42.2 Å². The highest BCUT2D eigenvalue weighted by molar-refractivity contribution is 8.07. The zero-order valence-electron chi connectivity index (χ0n) is 15.8. The quantitative estimate of drug-likeness (QED) is 0.551. The Bertz CT molecular complexity index is 872. The molecule has 0 fully saturated rings. The van der Waals surface area contributed by atoms with Crippen molar-refractivity contribution in [3.8, 4) is 0 Å². The zero-order valence-corrected chi connectivity index (χ0v) is 16.6. The van der Waals surface area contributed by atoms with Gasteiger partial charge in [-0.05, 0) is 30.9 Å². The van der Waals surface area contributed by atoms with Crippen LogP contribution in [0.15, 0.2) is 36.7 Å². The fraction of sp³-hybridized carbons (Fsp3) is 0.316. The van der Waals surface area contributed by atoms with Crippen molar-refractivity contribution >= 4 is 45.6 Å². The van der Waals surface area contributed by atoms with Crippen molar-refractivity contribution in [1.82, 2.24) is 9.97 Å². The topological polar surface area (TPSA) is 67.8 Å². The standard InChI is InChI=1S/C19H22N4O3S/c1-5-26-17(24)11-16(27-4)13-6-7-14-15(10-13)23(12-25-3)19-18(22(14)2)20-8-9-21-19/h6-11H,5,12H2,1-4H3/b16-11-. The summed E-state index contributed by atoms with van der Waals surface area (Å²) in [6.07, 6.45) is 6.80. The lowest BCUT2D eigenvalue weighted by Gasteiger charge is -2.36. The average molecular weight is 386 g/mol. The van der Waals surface area contributed by atoms with Crippen LogP contribution in [-0.4, -0.2) is 49.7 Å². The van der Waals surface area contributed by atoms with E-state index in [9.17, 15) is 4.79 Å². The number of fused-ring (bicyclic) bond motifs is 2. The number of anilines is 4. The van der Waals surface area contributed by atoms with E-state index in [-0.39, 0.29) is 5.97 Å². The molecule has 8 heteroatoms. The summed E-state index contributed by atoms with van der Waals surface area (Å²) in [7, 11) is 3.60. The number of rotatable bonds is 6. The van der Waals surface area contributed by atoms with Gasteiger partial charge in [0.1, 0.15) is 6.73 Å². The van der Waals surface area contributed by atoms with Gasteiger partial charge in [-0.3, -0.25) is 4.90 Å². The van der Waals surface area contributed by atoms with Crippen molar-refractivity contribution in [2.75, 3.05) is 43.6 Å². The van der Waals surface area contributed by atoms with Gasteiger partial charge >= 0.3 is 5.97 Å². The second kappa shape index (κ2) is 8.41. The number of methoxy groups -OCH3 is 1. The lowest BCUT2D eigenvalue weighted by molar-refractivity contribution is -0.137. The van der Waals surface area contributed by atoms with Gasteiger partial charge in [0.15, 0.2) is 11.6 Å². The SMILES string of the molecule is CCOC(=O)/C=C(\SC)c1ccc2c(c1)N(COC)c1nccnc1N2C. The van der Waals surface area contributed by atoms with Crippen LogP contribution >= 0.6 is 11.8 Å². The zero-order chi connectivity index (χ0) is 19.4. The first-order valence-corrected chi connectivity index (χ1v) is 9.71. The maximum atomic E-state index is 11.9. The van der Waals surface area contributed by atoms with Crippen molar-refractivity contribution in [3.63, 3.8) is 0 Å². The number of nitrogens with zero attached hydrogens (tertiary/aromatic N) is 4. The molecule has 0 saturated carbocycles. The van der Waals surface area contributed by atoms with Crippen molar-refractivity contribution in [2.24, 2.45) is 0 Å². The smallest absolute Gasteiger partial charge is 0.331 e. The molecule has 0 aliphatic carbocycles. The number of benzene rings is 1. The van der Waals surface area contributed by atoms with Crippen LogP contribution in [0.25, 0.3) is 4.91 Å². The molecule has 1 aliphatic heterocycles. The predicted molar refractivity (Wildman–Crippen MR) is 109 cm³/mol. The Morgan fingerprint density at radius 3 is 2.63 bits per heavy atom. The molecule has 3 rings (SSSR count). The Hall–Kier alpha value is -2.58. The van der Waals surface area contributed by atoms with Gasteiger partial charge in [0.05, 0.1) is 18.0 Å². The van der Waals surface area contributed by atoms with Gasteiger partial charge in [-0.15, -0.1) is 11.8 Å². The first kappa shape index (κ1) is 19.2. The van der Waals surface area contributed by atoms with Crippen LogP contribution < -0.4 is 9.80 Å². The number of aromatic nitrogens is 2. The van der Waals surface area contributed by atoms with E-state index in [1.165, 1.54) is 17.8 Å². The molecule has 1 aromatic heterocycles. The monoisotopic (exact) mass is 386 g/mol. The van der Waals surface area contributed by atoms with Crippen molar-refractivity contribution < 1.29 is 14.3 Å². The van der Waals surface area contributed by atoms with Crippen LogP contribution in [0.3, 0.4) is 0 Å². The summed E-state index contributed by atoms with van der Waals surface area (Å²) >= 11 is 1.50. The van der Waals surface area contributed by atoms with E-state index in [1.807, 2.05) is 41.3 Å². The molecule has 2 aromatic rings. The van der Waals surface area contributed by atoms with E-state index in [0.29, 0.717) is 13.3 Å². The molecule has 0 atom stereocenters. The summed E-state index contributed by atoms with van der Waals surface area (Å²) in [6.45, 7) is 2.48. The van der Waals surface area contributed by atoms with Crippen molar-refractivity contribution in [1.29, 1.82) is 0 Å². The molecule has 27 heavy (non-hydrogen) atoms. The van der Waals surface area contributed by atoms with E-state index in [4.69, 9.17) is 9.47 Å². The van der Waals surface area contributed by atoms with Gasteiger partial charge in [-0.2, -0.15) is 0 Å². The normalized spacial score (nSPS) is 13.3. The first-order chi connectivity index (χ1) is 13.1. The van der Waals surface area contributed by atoms with E-state index in [1.54, 1.807) is 26.4 Å². The fourth-order valence-corrected chi connectivity index (χ4v) is 3.54. The second-order valence-electron chi connectivity index (χ2n) is 5.78. The van der Waals surface area contributed by atoms with Crippen LogP contribution in [0, 0.1) is 0 Å². The van der Waals surface area contributed by atoms with Crippen LogP contribution in [-0.2, 0) is 14.3 Å². The summed E-state index contributed by atoms with van der Waals surface area (Å²) in [5.74, 6) is 1.15. The minimum Gasteiger partial charge on any atom is -0.463 e. The highest BCUT2D eigenvalue weighted by Crippen LogP contribution is 2.46. The highest BCUT2D eigenvalue weighted by Gasteiger charge is 2.29. The molecular weight excluding hydrogens is 364 g/mol. The molecule has 0 radical (unpaired) electrons. The molecular formula is C19H22N4O3S. The molecule has 0 unspecified atom stereocenters. The molecule has 0 saturated heterocycles. The lowest BCUT2D eigenvalue weighted by atomic mass is 10.1. The number of esters is 1. The largest absolute Gasteiger partial charge is 0.463 e. The number of hydrogen-bond donors (Lipinski definition) is 0. The van der Waals surface area contributed by atoms with E-state index >= 15 is 0 Å². The van der Waals surface area contributed by atoms with Crippen LogP contribution in [0.2, 0.25) is 0 Å². The van der Waals surface area contributed by atoms with Gasteiger partial charge < -0.3 is 14.4 Å². The molecule has 0 spiro atoms. The minimum absolute atomic E-state index is 0.339. The molecule has 7 nitrogen and oxygen atoms in total. The molecule has 0 amide bonds. The molecule has 1 aliphatic rings. The van der Waals surface area contributed by atoms with Gasteiger partial charge in [0.25, 0.3) is 0 Å². The summed E-state index contributed by atoms with van der Waals surface area (Å²) in [5.41, 5.74) is 2.85. The maximum absolute atomic E-state index is 11.9. The summed E-state index contributed by atoms with van der Waals surface area (Å²) in [5, 5.41) is 0. The summed E-state index contributed by atoms with van der Waals surface area (Å²) < 4.78 is 10.4. The Balaban J connectivity index is 2.08. The van der Waals surface area contributed by atoms with Gasteiger partial charge in [0, 0.05) is 37.5 Å². The van der Waals surface area contributed by atoms with Crippen LogP contribution in [0.1, 0.15) is 12.5 Å². The molecule has 2 heterocycles. The number of carbonyl (C=O) groups excluding carboxylic acids is 1. The Kier molecular flexibility index (Phi) is 5.98. The Morgan fingerprint density at radius 1 is 1.22 bits per heavy atom. The Labute approximate surface area is 163 Å². The number of hydrogen-bond acceptors (Lipinski definition) is 8. The number of thioether (sulfide) groups is 1. The lowest BCUT2D eigenvalue weighted by Crippen LogP contribution is -2.30. The van der Waals surface area contributed by atoms with E-state index in [0.717, 1.165) is 33.5 Å². The third-order valence-corrected chi connectivity index (χ3v) is 4.95. The second-order valence-corrected chi connectivity index (χ2v) is 6.62. The Morgan fingerprint density at radius 2 is 1.96 bits per heavy atom. The van der Waals surface area contributed by atoms with Crippen LogP contribution in [0.5, 0.6) is 0 Å². The molecule has 0 N–H and O–H groups in total. The van der Waals surface area contributed by atoms with Gasteiger partial charge in [-0.1, -0.05) is 6.07 Å². The molecule has 142 valence electrons. The van der Waals surface area contributed by atoms with Crippen LogP contribution in [0.4, 0.5) is 23.0 Å². The number of carbonyl (C=O) groups is 1. The third kappa shape index (κ3) is 3.77.